The van der Waals surface area contributed by atoms with Crippen molar-refractivity contribution in [2.45, 2.75) is 13.0 Å². The topological polar surface area (TPSA) is 78.7 Å². The normalized spacial score (nSPS) is 17.6. The number of carboxylic acids is 1. The average Bonchev–Trinajstić information content (AvgIpc) is 3.24. The molecule has 0 bridgehead atoms. The highest BCUT2D eigenvalue weighted by molar-refractivity contribution is 5.91. The van der Waals surface area contributed by atoms with E-state index < -0.39 is 5.97 Å². The van der Waals surface area contributed by atoms with E-state index in [-0.39, 0.29) is 17.4 Å². The van der Waals surface area contributed by atoms with Crippen LogP contribution in [0.5, 0.6) is 0 Å². The van der Waals surface area contributed by atoms with Gasteiger partial charge in [0.15, 0.2) is 0 Å². The van der Waals surface area contributed by atoms with Gasteiger partial charge in [-0.3, -0.25) is 9.69 Å². The Hall–Kier alpha value is -2.67. The molecule has 1 aromatic heterocycles. The number of amides is 1. The Morgan fingerprint density at radius 1 is 1.32 bits per heavy atom. The predicted octanol–water partition coefficient (Wildman–Crippen LogP) is 1.48. The van der Waals surface area contributed by atoms with Gasteiger partial charge in [0.25, 0.3) is 0 Å². The van der Waals surface area contributed by atoms with Gasteiger partial charge >= 0.3 is 5.97 Å². The Morgan fingerprint density at radius 2 is 2.08 bits per heavy atom. The summed E-state index contributed by atoms with van der Waals surface area (Å²) in [7, 11) is 3.57. The molecule has 0 aliphatic carbocycles. The van der Waals surface area contributed by atoms with Crippen LogP contribution in [0.1, 0.15) is 22.5 Å². The van der Waals surface area contributed by atoms with Gasteiger partial charge in [0.1, 0.15) is 0 Å². The van der Waals surface area contributed by atoms with Crippen LogP contribution < -0.4 is 0 Å². The van der Waals surface area contributed by atoms with E-state index in [1.165, 1.54) is 0 Å². The molecule has 1 saturated heterocycles. The maximum atomic E-state index is 12.1. The molecular formula is C18H22N4O3. The molecule has 3 rings (SSSR count). The SMILES string of the molecule is CN(C)C(=O)[C@H]1CCN(Cc2cn(-c3ccccc3C(=O)O)cn2)C1. The van der Waals surface area contributed by atoms with E-state index >= 15 is 0 Å². The summed E-state index contributed by atoms with van der Waals surface area (Å²) in [4.78, 5) is 31.7. The van der Waals surface area contributed by atoms with Crippen molar-refractivity contribution in [1.29, 1.82) is 0 Å². The third kappa shape index (κ3) is 3.71. The van der Waals surface area contributed by atoms with Crippen molar-refractivity contribution >= 4 is 11.9 Å². The molecule has 1 aromatic carbocycles. The van der Waals surface area contributed by atoms with Crippen LogP contribution in [0.15, 0.2) is 36.8 Å². The van der Waals surface area contributed by atoms with Crippen molar-refractivity contribution < 1.29 is 14.7 Å². The number of benzene rings is 1. The van der Waals surface area contributed by atoms with Gasteiger partial charge in [-0.15, -0.1) is 0 Å². The monoisotopic (exact) mass is 342 g/mol. The van der Waals surface area contributed by atoms with Gasteiger partial charge in [-0.1, -0.05) is 12.1 Å². The molecule has 0 spiro atoms. The lowest BCUT2D eigenvalue weighted by atomic mass is 10.1. The molecule has 132 valence electrons. The molecule has 1 N–H and O–H groups in total. The average molecular weight is 342 g/mol. The first-order valence-electron chi connectivity index (χ1n) is 8.25. The van der Waals surface area contributed by atoms with Gasteiger partial charge in [0.2, 0.25) is 5.91 Å². The summed E-state index contributed by atoms with van der Waals surface area (Å²) >= 11 is 0. The van der Waals surface area contributed by atoms with Gasteiger partial charge in [-0.25, -0.2) is 9.78 Å². The molecule has 1 aliphatic heterocycles. The number of nitrogens with zero attached hydrogens (tertiary/aromatic N) is 4. The smallest absolute Gasteiger partial charge is 0.337 e. The number of aromatic carboxylic acids is 1. The molecule has 1 fully saturated rings. The second-order valence-corrected chi connectivity index (χ2v) is 6.55. The van der Waals surface area contributed by atoms with Crippen molar-refractivity contribution in [3.8, 4) is 5.69 Å². The second-order valence-electron chi connectivity index (χ2n) is 6.55. The van der Waals surface area contributed by atoms with Crippen LogP contribution in [0.3, 0.4) is 0 Å². The van der Waals surface area contributed by atoms with Gasteiger partial charge in [0.05, 0.1) is 29.2 Å². The first-order valence-corrected chi connectivity index (χ1v) is 8.25. The number of hydrogen-bond acceptors (Lipinski definition) is 4. The van der Waals surface area contributed by atoms with Crippen molar-refractivity contribution in [3.05, 3.63) is 48.0 Å². The minimum absolute atomic E-state index is 0.0461. The van der Waals surface area contributed by atoms with Crippen molar-refractivity contribution in [2.24, 2.45) is 5.92 Å². The molecule has 7 nitrogen and oxygen atoms in total. The number of likely N-dealkylation sites (tertiary alicyclic amines) is 1. The molecule has 25 heavy (non-hydrogen) atoms. The summed E-state index contributed by atoms with van der Waals surface area (Å²) in [5, 5.41) is 9.31. The van der Waals surface area contributed by atoms with E-state index in [4.69, 9.17) is 0 Å². The number of para-hydroxylation sites is 1. The van der Waals surface area contributed by atoms with Crippen LogP contribution in [0.4, 0.5) is 0 Å². The zero-order chi connectivity index (χ0) is 18.0. The Morgan fingerprint density at radius 3 is 2.80 bits per heavy atom. The van der Waals surface area contributed by atoms with Crippen molar-refractivity contribution in [2.75, 3.05) is 27.2 Å². The molecule has 2 heterocycles. The minimum Gasteiger partial charge on any atom is -0.478 e. The zero-order valence-electron chi connectivity index (χ0n) is 14.4. The largest absolute Gasteiger partial charge is 0.478 e. The Bertz CT molecular complexity index is 784. The summed E-state index contributed by atoms with van der Waals surface area (Å²) in [5.74, 6) is -0.747. The third-order valence-corrected chi connectivity index (χ3v) is 4.50. The summed E-state index contributed by atoms with van der Waals surface area (Å²) in [6.45, 7) is 2.25. The molecule has 0 unspecified atom stereocenters. The first kappa shape index (κ1) is 17.2. The standard InChI is InChI=1S/C18H22N4O3/c1-20(2)17(23)13-7-8-21(9-13)10-14-11-22(12-19-14)16-6-4-3-5-15(16)18(24)25/h3-6,11-13H,7-10H2,1-2H3,(H,24,25)/t13-/m0/s1. The quantitative estimate of drug-likeness (QED) is 0.890. The predicted molar refractivity (Wildman–Crippen MR) is 92.6 cm³/mol. The molecule has 1 amide bonds. The van der Waals surface area contributed by atoms with Crippen LogP contribution in [0.25, 0.3) is 5.69 Å². The molecule has 2 aromatic rings. The fraction of sp³-hybridized carbons (Fsp3) is 0.389. The van der Waals surface area contributed by atoms with Gasteiger partial charge in [-0.05, 0) is 25.1 Å². The summed E-state index contributed by atoms with van der Waals surface area (Å²) in [6, 6.07) is 6.85. The van der Waals surface area contributed by atoms with Crippen LogP contribution in [0.2, 0.25) is 0 Å². The van der Waals surface area contributed by atoms with E-state index in [0.717, 1.165) is 25.2 Å². The molecule has 7 heteroatoms. The Balaban J connectivity index is 1.69. The van der Waals surface area contributed by atoms with E-state index in [0.29, 0.717) is 12.2 Å². The van der Waals surface area contributed by atoms with Crippen molar-refractivity contribution in [1.82, 2.24) is 19.4 Å². The lowest BCUT2D eigenvalue weighted by Gasteiger charge is -2.17. The highest BCUT2D eigenvalue weighted by Gasteiger charge is 2.29. The lowest BCUT2D eigenvalue weighted by Crippen LogP contribution is -2.31. The van der Waals surface area contributed by atoms with Crippen LogP contribution in [0, 0.1) is 5.92 Å². The zero-order valence-corrected chi connectivity index (χ0v) is 14.4. The van der Waals surface area contributed by atoms with Crippen molar-refractivity contribution in [3.63, 3.8) is 0 Å². The number of carbonyl (C=O) groups is 2. The Labute approximate surface area is 146 Å². The molecule has 0 radical (unpaired) electrons. The molecule has 1 atom stereocenters. The van der Waals surface area contributed by atoms with E-state index in [9.17, 15) is 14.7 Å². The maximum Gasteiger partial charge on any atom is 0.337 e. The van der Waals surface area contributed by atoms with Gasteiger partial charge in [0, 0.05) is 33.4 Å². The van der Waals surface area contributed by atoms with E-state index in [1.807, 2.05) is 6.20 Å². The highest BCUT2D eigenvalue weighted by atomic mass is 16.4. The van der Waals surface area contributed by atoms with E-state index in [1.54, 1.807) is 54.2 Å². The van der Waals surface area contributed by atoms with Crippen LogP contribution in [-0.4, -0.2) is 63.5 Å². The van der Waals surface area contributed by atoms with Crippen LogP contribution in [-0.2, 0) is 11.3 Å². The summed E-state index contributed by atoms with van der Waals surface area (Å²) < 4.78 is 1.73. The number of imidazole rings is 1. The fourth-order valence-electron chi connectivity index (χ4n) is 3.23. The third-order valence-electron chi connectivity index (χ3n) is 4.50. The van der Waals surface area contributed by atoms with E-state index in [2.05, 4.69) is 9.88 Å². The lowest BCUT2D eigenvalue weighted by molar-refractivity contribution is -0.132. The second kappa shape index (κ2) is 7.06. The van der Waals surface area contributed by atoms with Gasteiger partial charge in [-0.2, -0.15) is 0 Å². The maximum absolute atomic E-state index is 12.1. The highest BCUT2D eigenvalue weighted by Crippen LogP contribution is 2.21. The number of carbonyl (C=O) groups excluding carboxylic acids is 1. The number of rotatable bonds is 5. The number of aromatic nitrogens is 2. The minimum atomic E-state index is -0.963. The van der Waals surface area contributed by atoms with Gasteiger partial charge < -0.3 is 14.6 Å². The molecule has 0 saturated carbocycles. The van der Waals surface area contributed by atoms with Crippen LogP contribution >= 0.6 is 0 Å². The molecule has 1 aliphatic rings. The first-order chi connectivity index (χ1) is 12.0. The number of carboxylic acid groups (broad SMARTS) is 1. The molecular weight excluding hydrogens is 320 g/mol. The summed E-state index contributed by atoms with van der Waals surface area (Å²) in [5.41, 5.74) is 1.69. The summed E-state index contributed by atoms with van der Waals surface area (Å²) in [6.07, 6.45) is 4.35. The number of hydrogen-bond donors (Lipinski definition) is 1. The Kier molecular flexibility index (Phi) is 4.85. The fourth-order valence-corrected chi connectivity index (χ4v) is 3.23.